The Morgan fingerprint density at radius 3 is 3.12 bits per heavy atom. The van der Waals surface area contributed by atoms with Crippen molar-refractivity contribution in [3.05, 3.63) is 23.8 Å². The summed E-state index contributed by atoms with van der Waals surface area (Å²) in [5.41, 5.74) is 1.45. The predicted octanol–water partition coefficient (Wildman–Crippen LogP) is 1.69. The van der Waals surface area contributed by atoms with Crippen molar-refractivity contribution in [2.45, 2.75) is 6.92 Å². The number of carbonyl (C=O) groups is 1. The molecular weight excluding hydrogens is 206 g/mol. The number of esters is 1. The zero-order valence-corrected chi connectivity index (χ0v) is 9.53. The summed E-state index contributed by atoms with van der Waals surface area (Å²) in [6.07, 6.45) is 0. The molecule has 0 unspecified atom stereocenters. The van der Waals surface area contributed by atoms with E-state index in [0.717, 1.165) is 12.2 Å². The second kappa shape index (κ2) is 4.43. The van der Waals surface area contributed by atoms with E-state index < -0.39 is 0 Å². The van der Waals surface area contributed by atoms with Gasteiger partial charge in [-0.2, -0.15) is 0 Å². The van der Waals surface area contributed by atoms with Crippen molar-refractivity contribution >= 4 is 11.7 Å². The third-order valence-electron chi connectivity index (χ3n) is 2.57. The molecule has 0 amide bonds. The Morgan fingerprint density at radius 1 is 1.56 bits per heavy atom. The van der Waals surface area contributed by atoms with E-state index in [1.54, 1.807) is 13.0 Å². The summed E-state index contributed by atoms with van der Waals surface area (Å²) < 4.78 is 10.5. The van der Waals surface area contributed by atoms with E-state index in [-0.39, 0.29) is 5.97 Å². The van der Waals surface area contributed by atoms with E-state index in [2.05, 4.69) is 4.90 Å². The van der Waals surface area contributed by atoms with Crippen LogP contribution >= 0.6 is 0 Å². The van der Waals surface area contributed by atoms with E-state index in [1.165, 1.54) is 0 Å². The summed E-state index contributed by atoms with van der Waals surface area (Å²) in [6.45, 7) is 3.60. The van der Waals surface area contributed by atoms with Crippen LogP contribution in [0.15, 0.2) is 18.2 Å². The van der Waals surface area contributed by atoms with Crippen molar-refractivity contribution < 1.29 is 14.3 Å². The third kappa shape index (κ3) is 1.83. The lowest BCUT2D eigenvalue weighted by Crippen LogP contribution is -2.29. The van der Waals surface area contributed by atoms with Gasteiger partial charge in [0.25, 0.3) is 0 Å². The Morgan fingerprint density at radius 2 is 2.38 bits per heavy atom. The largest absolute Gasteiger partial charge is 0.489 e. The molecule has 1 aromatic rings. The van der Waals surface area contributed by atoms with Crippen LogP contribution in [-0.4, -0.2) is 32.8 Å². The fourth-order valence-electron chi connectivity index (χ4n) is 1.75. The van der Waals surface area contributed by atoms with Gasteiger partial charge >= 0.3 is 5.97 Å². The van der Waals surface area contributed by atoms with Crippen molar-refractivity contribution in [2.75, 3.05) is 31.7 Å². The Hall–Kier alpha value is -1.71. The van der Waals surface area contributed by atoms with E-state index in [9.17, 15) is 4.79 Å². The van der Waals surface area contributed by atoms with Crippen LogP contribution in [0.4, 0.5) is 5.69 Å². The topological polar surface area (TPSA) is 38.8 Å². The van der Waals surface area contributed by atoms with Crippen molar-refractivity contribution in [3.63, 3.8) is 0 Å². The zero-order chi connectivity index (χ0) is 11.5. The number of ether oxygens (including phenoxy) is 2. The summed E-state index contributed by atoms with van der Waals surface area (Å²) in [7, 11) is 1.98. The molecule has 1 aliphatic rings. The van der Waals surface area contributed by atoms with Gasteiger partial charge < -0.3 is 14.4 Å². The summed E-state index contributed by atoms with van der Waals surface area (Å²) >= 11 is 0. The number of benzene rings is 1. The van der Waals surface area contributed by atoms with Crippen LogP contribution in [0.2, 0.25) is 0 Å². The predicted molar refractivity (Wildman–Crippen MR) is 61.2 cm³/mol. The lowest BCUT2D eigenvalue weighted by molar-refractivity contribution is 0.0521. The Labute approximate surface area is 94.8 Å². The molecule has 0 atom stereocenters. The van der Waals surface area contributed by atoms with Crippen LogP contribution in [0.5, 0.6) is 5.75 Å². The number of hydrogen-bond donors (Lipinski definition) is 0. The molecule has 0 spiro atoms. The molecule has 0 saturated carbocycles. The SMILES string of the molecule is CCOC(=O)c1cccc2c1OCCN2C. The lowest BCUT2D eigenvalue weighted by Gasteiger charge is -2.28. The molecule has 1 heterocycles. The standard InChI is InChI=1S/C12H15NO3/c1-3-15-12(14)9-5-4-6-10-11(9)16-8-7-13(10)2/h4-6H,3,7-8H2,1-2H3. The van der Waals surface area contributed by atoms with E-state index in [1.807, 2.05) is 19.2 Å². The van der Waals surface area contributed by atoms with Gasteiger partial charge in [-0.25, -0.2) is 4.79 Å². The first-order chi connectivity index (χ1) is 7.74. The first-order valence-electron chi connectivity index (χ1n) is 5.38. The highest BCUT2D eigenvalue weighted by atomic mass is 16.5. The minimum Gasteiger partial charge on any atom is -0.489 e. The van der Waals surface area contributed by atoms with Crippen molar-refractivity contribution in [1.82, 2.24) is 0 Å². The second-order valence-electron chi connectivity index (χ2n) is 3.64. The molecule has 16 heavy (non-hydrogen) atoms. The summed E-state index contributed by atoms with van der Waals surface area (Å²) in [5, 5.41) is 0. The van der Waals surface area contributed by atoms with Crippen LogP contribution < -0.4 is 9.64 Å². The number of para-hydroxylation sites is 1. The molecule has 86 valence electrons. The van der Waals surface area contributed by atoms with Crippen LogP contribution in [0.3, 0.4) is 0 Å². The minimum absolute atomic E-state index is 0.324. The number of hydrogen-bond acceptors (Lipinski definition) is 4. The molecule has 0 saturated heterocycles. The lowest BCUT2D eigenvalue weighted by atomic mass is 10.1. The normalized spacial score (nSPS) is 14.0. The maximum Gasteiger partial charge on any atom is 0.341 e. The second-order valence-corrected chi connectivity index (χ2v) is 3.64. The van der Waals surface area contributed by atoms with Crippen LogP contribution in [0.1, 0.15) is 17.3 Å². The van der Waals surface area contributed by atoms with Gasteiger partial charge in [-0.1, -0.05) is 6.07 Å². The van der Waals surface area contributed by atoms with Crippen molar-refractivity contribution in [1.29, 1.82) is 0 Å². The maximum atomic E-state index is 11.7. The van der Waals surface area contributed by atoms with E-state index in [4.69, 9.17) is 9.47 Å². The number of carbonyl (C=O) groups excluding carboxylic acids is 1. The number of fused-ring (bicyclic) bond motifs is 1. The number of anilines is 1. The molecule has 4 nitrogen and oxygen atoms in total. The fourth-order valence-corrected chi connectivity index (χ4v) is 1.75. The first-order valence-corrected chi connectivity index (χ1v) is 5.38. The molecule has 0 aromatic heterocycles. The molecule has 4 heteroatoms. The highest BCUT2D eigenvalue weighted by Crippen LogP contribution is 2.34. The van der Waals surface area contributed by atoms with Gasteiger partial charge in [0, 0.05) is 7.05 Å². The van der Waals surface area contributed by atoms with Gasteiger partial charge in [0.1, 0.15) is 12.2 Å². The number of rotatable bonds is 2. The monoisotopic (exact) mass is 221 g/mol. The zero-order valence-electron chi connectivity index (χ0n) is 9.53. The van der Waals surface area contributed by atoms with Crippen molar-refractivity contribution in [2.24, 2.45) is 0 Å². The summed E-state index contributed by atoms with van der Waals surface area (Å²) in [5.74, 6) is 0.310. The van der Waals surface area contributed by atoms with Gasteiger partial charge in [0.05, 0.1) is 18.8 Å². The van der Waals surface area contributed by atoms with E-state index in [0.29, 0.717) is 24.5 Å². The molecule has 0 bridgehead atoms. The van der Waals surface area contributed by atoms with Crippen LogP contribution in [0, 0.1) is 0 Å². The number of nitrogens with zero attached hydrogens (tertiary/aromatic N) is 1. The molecule has 0 aliphatic carbocycles. The molecule has 2 rings (SSSR count). The summed E-state index contributed by atoms with van der Waals surface area (Å²) in [4.78, 5) is 13.8. The molecule has 0 radical (unpaired) electrons. The molecular formula is C12H15NO3. The smallest absolute Gasteiger partial charge is 0.341 e. The van der Waals surface area contributed by atoms with Gasteiger partial charge in [0.15, 0.2) is 5.75 Å². The van der Waals surface area contributed by atoms with E-state index >= 15 is 0 Å². The maximum absolute atomic E-state index is 11.7. The highest BCUT2D eigenvalue weighted by Gasteiger charge is 2.22. The van der Waals surface area contributed by atoms with Gasteiger partial charge in [-0.3, -0.25) is 0 Å². The fraction of sp³-hybridized carbons (Fsp3) is 0.417. The van der Waals surface area contributed by atoms with Crippen LogP contribution in [0.25, 0.3) is 0 Å². The summed E-state index contributed by atoms with van der Waals surface area (Å²) in [6, 6.07) is 5.52. The average Bonchev–Trinajstić information content (AvgIpc) is 2.29. The first kappa shape index (κ1) is 10.8. The van der Waals surface area contributed by atoms with Crippen molar-refractivity contribution in [3.8, 4) is 5.75 Å². The minimum atomic E-state index is -0.324. The van der Waals surface area contributed by atoms with Gasteiger partial charge in [-0.15, -0.1) is 0 Å². The quantitative estimate of drug-likeness (QED) is 0.712. The van der Waals surface area contributed by atoms with Gasteiger partial charge in [0.2, 0.25) is 0 Å². The average molecular weight is 221 g/mol. The number of likely N-dealkylation sites (N-methyl/N-ethyl adjacent to an activating group) is 1. The van der Waals surface area contributed by atoms with Gasteiger partial charge in [-0.05, 0) is 19.1 Å². The highest BCUT2D eigenvalue weighted by molar-refractivity contribution is 5.95. The third-order valence-corrected chi connectivity index (χ3v) is 2.57. The molecule has 0 fully saturated rings. The Bertz CT molecular complexity index is 403. The molecule has 1 aromatic carbocycles. The molecule has 1 aliphatic heterocycles. The Balaban J connectivity index is 2.39. The molecule has 0 N–H and O–H groups in total. The Kier molecular flexibility index (Phi) is 2.99. The van der Waals surface area contributed by atoms with Crippen LogP contribution in [-0.2, 0) is 4.74 Å².